The first-order valence-electron chi connectivity index (χ1n) is 4.70. The molecule has 0 aliphatic carbocycles. The molecule has 0 N–H and O–H groups in total. The predicted octanol–water partition coefficient (Wildman–Crippen LogP) is 3.07. The molecule has 0 aliphatic rings. The molecule has 2 heteroatoms. The highest BCUT2D eigenvalue weighted by Gasteiger charge is 1.93. The summed E-state index contributed by atoms with van der Waals surface area (Å²) in [4.78, 5) is 11.1. The van der Waals surface area contributed by atoms with Gasteiger partial charge in [0.25, 0.3) is 0 Å². The third-order valence-corrected chi connectivity index (χ3v) is 2.45. The molecule has 14 heavy (non-hydrogen) atoms. The van der Waals surface area contributed by atoms with Crippen molar-refractivity contribution in [3.05, 3.63) is 48.0 Å². The summed E-state index contributed by atoms with van der Waals surface area (Å²) < 4.78 is 0. The Labute approximate surface area is 89.2 Å². The molecular formula is C12H14OS. The normalized spacial score (nSPS) is 10.6. The van der Waals surface area contributed by atoms with E-state index in [0.29, 0.717) is 0 Å². The predicted molar refractivity (Wildman–Crippen MR) is 62.4 cm³/mol. The number of hydrogen-bond donors (Lipinski definition) is 0. The van der Waals surface area contributed by atoms with Crippen molar-refractivity contribution < 1.29 is 4.79 Å². The maximum atomic E-state index is 11.1. The van der Waals surface area contributed by atoms with E-state index in [4.69, 9.17) is 0 Å². The number of allylic oxidation sites excluding steroid dienone is 1. The van der Waals surface area contributed by atoms with Gasteiger partial charge in [-0.2, -0.15) is 0 Å². The van der Waals surface area contributed by atoms with E-state index >= 15 is 0 Å². The van der Waals surface area contributed by atoms with E-state index < -0.39 is 0 Å². The molecule has 1 nitrogen and oxygen atoms in total. The van der Waals surface area contributed by atoms with E-state index in [0.717, 1.165) is 12.2 Å². The molecule has 0 amide bonds. The van der Waals surface area contributed by atoms with Crippen LogP contribution >= 0.6 is 11.8 Å². The molecule has 0 aromatic heterocycles. The van der Waals surface area contributed by atoms with Crippen LogP contribution in [0.2, 0.25) is 0 Å². The molecule has 74 valence electrons. The van der Waals surface area contributed by atoms with Gasteiger partial charge >= 0.3 is 0 Å². The van der Waals surface area contributed by atoms with Crippen molar-refractivity contribution in [2.75, 3.05) is 5.75 Å². The molecule has 1 rings (SSSR count). The molecular weight excluding hydrogens is 192 g/mol. The van der Waals surface area contributed by atoms with Crippen molar-refractivity contribution in [2.45, 2.75) is 13.3 Å². The van der Waals surface area contributed by atoms with E-state index in [9.17, 15) is 4.79 Å². The van der Waals surface area contributed by atoms with Gasteiger partial charge in [-0.15, -0.1) is 0 Å². The summed E-state index contributed by atoms with van der Waals surface area (Å²) in [5.74, 6) is 0.842. The Kier molecular flexibility index (Phi) is 5.08. The highest BCUT2D eigenvalue weighted by molar-refractivity contribution is 8.14. The van der Waals surface area contributed by atoms with Crippen LogP contribution in [0.1, 0.15) is 12.5 Å². The quantitative estimate of drug-likeness (QED) is 0.704. The Balaban J connectivity index is 2.37. The zero-order valence-corrected chi connectivity index (χ0v) is 9.09. The molecule has 0 heterocycles. The summed E-state index contributed by atoms with van der Waals surface area (Å²) >= 11 is 1.34. The SMILES string of the molecule is CCSC(=O)/C=C/Cc1ccccc1. The van der Waals surface area contributed by atoms with Gasteiger partial charge in [0, 0.05) is 0 Å². The Morgan fingerprint density at radius 3 is 2.71 bits per heavy atom. The Morgan fingerprint density at radius 2 is 2.07 bits per heavy atom. The number of hydrogen-bond acceptors (Lipinski definition) is 2. The Hall–Kier alpha value is -1.02. The van der Waals surface area contributed by atoms with Crippen LogP contribution in [0.5, 0.6) is 0 Å². The summed E-state index contributed by atoms with van der Waals surface area (Å²) in [5.41, 5.74) is 1.23. The van der Waals surface area contributed by atoms with Crippen molar-refractivity contribution in [3.8, 4) is 0 Å². The van der Waals surface area contributed by atoms with Gasteiger partial charge in [0.15, 0.2) is 0 Å². The average molecular weight is 206 g/mol. The zero-order chi connectivity index (χ0) is 10.2. The third kappa shape index (κ3) is 4.28. The maximum absolute atomic E-state index is 11.1. The Bertz CT molecular complexity index is 303. The van der Waals surface area contributed by atoms with Crippen LogP contribution in [0, 0.1) is 0 Å². The molecule has 0 unspecified atom stereocenters. The summed E-state index contributed by atoms with van der Waals surface area (Å²) in [7, 11) is 0. The number of benzene rings is 1. The van der Waals surface area contributed by atoms with Crippen LogP contribution in [0.4, 0.5) is 0 Å². The highest BCUT2D eigenvalue weighted by Crippen LogP contribution is 2.04. The van der Waals surface area contributed by atoms with E-state index in [-0.39, 0.29) is 5.12 Å². The van der Waals surface area contributed by atoms with Crippen molar-refractivity contribution >= 4 is 16.9 Å². The van der Waals surface area contributed by atoms with Crippen LogP contribution in [-0.4, -0.2) is 10.9 Å². The number of carbonyl (C=O) groups is 1. The second-order valence-corrected chi connectivity index (χ2v) is 4.11. The second kappa shape index (κ2) is 6.44. The minimum absolute atomic E-state index is 0.142. The fraction of sp³-hybridized carbons (Fsp3) is 0.250. The van der Waals surface area contributed by atoms with Crippen LogP contribution in [-0.2, 0) is 11.2 Å². The van der Waals surface area contributed by atoms with Gasteiger partial charge < -0.3 is 0 Å². The Morgan fingerprint density at radius 1 is 1.36 bits per heavy atom. The number of rotatable bonds is 4. The van der Waals surface area contributed by atoms with Gasteiger partial charge in [0.2, 0.25) is 5.12 Å². The van der Waals surface area contributed by atoms with Crippen LogP contribution in [0.25, 0.3) is 0 Å². The van der Waals surface area contributed by atoms with Gasteiger partial charge in [0.1, 0.15) is 0 Å². The van der Waals surface area contributed by atoms with Gasteiger partial charge in [-0.3, -0.25) is 4.79 Å². The summed E-state index contributed by atoms with van der Waals surface area (Å²) in [6.45, 7) is 1.98. The van der Waals surface area contributed by atoms with Crippen molar-refractivity contribution in [3.63, 3.8) is 0 Å². The number of carbonyl (C=O) groups excluding carboxylic acids is 1. The fourth-order valence-corrected chi connectivity index (χ4v) is 1.57. The molecule has 0 saturated carbocycles. The van der Waals surface area contributed by atoms with Gasteiger partial charge in [-0.1, -0.05) is 55.1 Å². The smallest absolute Gasteiger partial charge is 0.211 e. The molecule has 1 aromatic carbocycles. The maximum Gasteiger partial charge on any atom is 0.211 e. The molecule has 0 radical (unpaired) electrons. The van der Waals surface area contributed by atoms with Crippen molar-refractivity contribution in [2.24, 2.45) is 0 Å². The lowest BCUT2D eigenvalue weighted by molar-refractivity contribution is -0.107. The van der Waals surface area contributed by atoms with E-state index in [1.165, 1.54) is 17.3 Å². The largest absolute Gasteiger partial charge is 0.282 e. The molecule has 0 saturated heterocycles. The lowest BCUT2D eigenvalue weighted by atomic mass is 10.1. The fourth-order valence-electron chi connectivity index (χ4n) is 1.10. The van der Waals surface area contributed by atoms with Gasteiger partial charge in [-0.05, 0) is 23.8 Å². The summed E-state index contributed by atoms with van der Waals surface area (Å²) in [6.07, 6.45) is 4.40. The summed E-state index contributed by atoms with van der Waals surface area (Å²) in [5, 5.41) is 0.142. The summed E-state index contributed by atoms with van der Waals surface area (Å²) in [6, 6.07) is 10.1. The number of thioether (sulfide) groups is 1. The van der Waals surface area contributed by atoms with Gasteiger partial charge in [-0.25, -0.2) is 0 Å². The zero-order valence-electron chi connectivity index (χ0n) is 8.27. The van der Waals surface area contributed by atoms with Crippen molar-refractivity contribution in [1.29, 1.82) is 0 Å². The highest BCUT2D eigenvalue weighted by atomic mass is 32.2. The lowest BCUT2D eigenvalue weighted by Crippen LogP contribution is -1.86. The van der Waals surface area contributed by atoms with E-state index in [1.807, 2.05) is 31.2 Å². The molecule has 0 aliphatic heterocycles. The second-order valence-electron chi connectivity index (χ2n) is 2.84. The minimum atomic E-state index is 0.142. The topological polar surface area (TPSA) is 17.1 Å². The lowest BCUT2D eigenvalue weighted by Gasteiger charge is -1.93. The molecule has 0 bridgehead atoms. The van der Waals surface area contributed by atoms with Crippen molar-refractivity contribution in [1.82, 2.24) is 0 Å². The molecule has 0 atom stereocenters. The molecule has 0 spiro atoms. The van der Waals surface area contributed by atoms with Gasteiger partial charge in [0.05, 0.1) is 0 Å². The first-order chi connectivity index (χ1) is 6.83. The molecule has 0 fully saturated rings. The third-order valence-electron chi connectivity index (χ3n) is 1.74. The van der Waals surface area contributed by atoms with E-state index in [2.05, 4.69) is 12.1 Å². The molecule has 1 aromatic rings. The van der Waals surface area contributed by atoms with Crippen LogP contribution in [0.3, 0.4) is 0 Å². The van der Waals surface area contributed by atoms with Crippen LogP contribution < -0.4 is 0 Å². The van der Waals surface area contributed by atoms with E-state index in [1.54, 1.807) is 6.08 Å². The van der Waals surface area contributed by atoms with Crippen LogP contribution in [0.15, 0.2) is 42.5 Å². The first kappa shape index (κ1) is 11.1. The first-order valence-corrected chi connectivity index (χ1v) is 5.68. The average Bonchev–Trinajstić information content (AvgIpc) is 2.20. The monoisotopic (exact) mass is 206 g/mol. The minimum Gasteiger partial charge on any atom is -0.282 e. The standard InChI is InChI=1S/C12H14OS/c1-2-14-12(13)10-6-9-11-7-4-3-5-8-11/h3-8,10H,2,9H2,1H3/b10-6+.